The second-order valence-corrected chi connectivity index (χ2v) is 6.69. The van der Waals surface area contributed by atoms with Crippen molar-refractivity contribution in [2.24, 2.45) is 0 Å². The number of carbonyl (C=O) groups excluding carboxylic acids is 1. The molecule has 2 aromatic carbocycles. The van der Waals surface area contributed by atoms with Gasteiger partial charge in [0.1, 0.15) is 5.75 Å². The second-order valence-electron chi connectivity index (χ2n) is 4.95. The molecule has 0 atom stereocenters. The SMILES string of the molecule is CS(=O)(=O)Nc1ccccc1NC(=O)c1ccc(OC(F)(F)F)cc1. The van der Waals surface area contributed by atoms with Crippen molar-refractivity contribution in [1.82, 2.24) is 0 Å². The van der Waals surface area contributed by atoms with Gasteiger partial charge in [0.05, 0.1) is 17.6 Å². The lowest BCUT2D eigenvalue weighted by molar-refractivity contribution is -0.274. The molecule has 0 heterocycles. The summed E-state index contributed by atoms with van der Waals surface area (Å²) in [6, 6.07) is 10.4. The van der Waals surface area contributed by atoms with E-state index in [2.05, 4.69) is 14.8 Å². The van der Waals surface area contributed by atoms with Crippen LogP contribution in [0, 0.1) is 0 Å². The number of nitrogens with one attached hydrogen (secondary N) is 2. The average molecular weight is 374 g/mol. The largest absolute Gasteiger partial charge is 0.573 e. The minimum atomic E-state index is -4.82. The third kappa shape index (κ3) is 5.99. The zero-order valence-corrected chi connectivity index (χ0v) is 13.6. The topological polar surface area (TPSA) is 84.5 Å². The summed E-state index contributed by atoms with van der Waals surface area (Å²) in [6.45, 7) is 0. The number of carbonyl (C=O) groups is 1. The van der Waals surface area contributed by atoms with Crippen LogP contribution in [-0.4, -0.2) is 26.9 Å². The number of amides is 1. The highest BCUT2D eigenvalue weighted by Crippen LogP contribution is 2.25. The van der Waals surface area contributed by atoms with E-state index in [0.717, 1.165) is 30.5 Å². The Hall–Kier alpha value is -2.75. The first-order valence-electron chi connectivity index (χ1n) is 6.77. The van der Waals surface area contributed by atoms with Gasteiger partial charge in [-0.1, -0.05) is 12.1 Å². The van der Waals surface area contributed by atoms with Crippen LogP contribution in [0.1, 0.15) is 10.4 Å². The number of rotatable bonds is 5. The van der Waals surface area contributed by atoms with E-state index in [1.54, 1.807) is 12.1 Å². The summed E-state index contributed by atoms with van der Waals surface area (Å²) < 4.78 is 65.0. The maximum absolute atomic E-state index is 12.2. The summed E-state index contributed by atoms with van der Waals surface area (Å²) in [7, 11) is -3.55. The Morgan fingerprint density at radius 1 is 1.00 bits per heavy atom. The molecule has 10 heteroatoms. The highest BCUT2D eigenvalue weighted by molar-refractivity contribution is 7.92. The van der Waals surface area contributed by atoms with Gasteiger partial charge in [-0.15, -0.1) is 13.2 Å². The molecule has 0 fully saturated rings. The second kappa shape index (κ2) is 7.01. The van der Waals surface area contributed by atoms with Crippen molar-refractivity contribution >= 4 is 27.3 Å². The maximum atomic E-state index is 12.2. The molecule has 1 amide bonds. The first kappa shape index (κ1) is 18.6. The summed E-state index contributed by atoms with van der Waals surface area (Å²) in [5.74, 6) is -1.08. The quantitative estimate of drug-likeness (QED) is 0.842. The van der Waals surface area contributed by atoms with Gasteiger partial charge >= 0.3 is 6.36 Å². The summed E-state index contributed by atoms with van der Waals surface area (Å²) >= 11 is 0. The van der Waals surface area contributed by atoms with Crippen LogP contribution >= 0.6 is 0 Å². The lowest BCUT2D eigenvalue weighted by Gasteiger charge is -2.12. The monoisotopic (exact) mass is 374 g/mol. The van der Waals surface area contributed by atoms with E-state index < -0.39 is 28.0 Å². The first-order chi connectivity index (χ1) is 11.5. The van der Waals surface area contributed by atoms with Crippen LogP contribution in [0.2, 0.25) is 0 Å². The zero-order chi connectivity index (χ0) is 18.7. The first-order valence-corrected chi connectivity index (χ1v) is 8.67. The van der Waals surface area contributed by atoms with Crippen LogP contribution in [0.25, 0.3) is 0 Å². The van der Waals surface area contributed by atoms with Gasteiger partial charge in [-0.05, 0) is 36.4 Å². The van der Waals surface area contributed by atoms with Crippen LogP contribution < -0.4 is 14.8 Å². The Bertz CT molecular complexity index is 865. The number of anilines is 2. The van der Waals surface area contributed by atoms with Gasteiger partial charge in [-0.25, -0.2) is 8.42 Å². The highest BCUT2D eigenvalue weighted by atomic mass is 32.2. The Balaban J connectivity index is 2.15. The Morgan fingerprint density at radius 2 is 1.56 bits per heavy atom. The number of ether oxygens (including phenoxy) is 1. The minimum Gasteiger partial charge on any atom is -0.406 e. The average Bonchev–Trinajstić information content (AvgIpc) is 2.47. The van der Waals surface area contributed by atoms with Crippen molar-refractivity contribution < 1.29 is 31.1 Å². The van der Waals surface area contributed by atoms with Gasteiger partial charge < -0.3 is 10.1 Å². The Kier molecular flexibility index (Phi) is 5.21. The number of alkyl halides is 3. The van der Waals surface area contributed by atoms with Crippen LogP contribution in [0.4, 0.5) is 24.5 Å². The molecule has 6 nitrogen and oxygen atoms in total. The molecule has 0 saturated carbocycles. The van der Waals surface area contributed by atoms with Crippen LogP contribution in [-0.2, 0) is 10.0 Å². The molecule has 0 bridgehead atoms. The molecule has 0 aliphatic carbocycles. The molecule has 134 valence electrons. The smallest absolute Gasteiger partial charge is 0.406 e. The van der Waals surface area contributed by atoms with Gasteiger partial charge in [0.2, 0.25) is 10.0 Å². The number of hydrogen-bond donors (Lipinski definition) is 2. The molecule has 0 spiro atoms. The Morgan fingerprint density at radius 3 is 2.08 bits per heavy atom. The van der Waals surface area contributed by atoms with E-state index in [1.807, 2.05) is 0 Å². The predicted molar refractivity (Wildman–Crippen MR) is 86.0 cm³/mol. The molecular formula is C15H13F3N2O4S. The van der Waals surface area contributed by atoms with E-state index in [-0.39, 0.29) is 16.9 Å². The summed E-state index contributed by atoms with van der Waals surface area (Å²) in [5.41, 5.74) is 0.438. The van der Waals surface area contributed by atoms with Crippen LogP contribution in [0.15, 0.2) is 48.5 Å². The fraction of sp³-hybridized carbons (Fsp3) is 0.133. The zero-order valence-electron chi connectivity index (χ0n) is 12.8. The van der Waals surface area contributed by atoms with Crippen molar-refractivity contribution in [2.45, 2.75) is 6.36 Å². The molecule has 2 N–H and O–H groups in total. The molecule has 0 aliphatic heterocycles. The van der Waals surface area contributed by atoms with Crippen LogP contribution in [0.3, 0.4) is 0 Å². The summed E-state index contributed by atoms with van der Waals surface area (Å²) in [6.07, 6.45) is -3.86. The lowest BCUT2D eigenvalue weighted by Crippen LogP contribution is -2.18. The van der Waals surface area contributed by atoms with Crippen molar-refractivity contribution in [3.63, 3.8) is 0 Å². The lowest BCUT2D eigenvalue weighted by atomic mass is 10.2. The number of para-hydroxylation sites is 2. The van der Waals surface area contributed by atoms with Gasteiger partial charge in [-0.2, -0.15) is 0 Å². The Labute approximate surface area is 141 Å². The number of benzene rings is 2. The molecular weight excluding hydrogens is 361 g/mol. The molecule has 0 aromatic heterocycles. The molecule has 2 aromatic rings. The minimum absolute atomic E-state index is 0.0729. The van der Waals surface area contributed by atoms with Crippen molar-refractivity contribution in [2.75, 3.05) is 16.3 Å². The van der Waals surface area contributed by atoms with Crippen molar-refractivity contribution in [3.05, 3.63) is 54.1 Å². The molecule has 0 saturated heterocycles. The summed E-state index contributed by atoms with van der Waals surface area (Å²) in [4.78, 5) is 12.2. The fourth-order valence-electron chi connectivity index (χ4n) is 1.88. The normalized spacial score (nSPS) is 11.7. The number of sulfonamides is 1. The van der Waals surface area contributed by atoms with Crippen molar-refractivity contribution in [1.29, 1.82) is 0 Å². The molecule has 0 aliphatic rings. The predicted octanol–water partition coefficient (Wildman–Crippen LogP) is 3.21. The van der Waals surface area contributed by atoms with Gasteiger partial charge in [-0.3, -0.25) is 9.52 Å². The van der Waals surface area contributed by atoms with E-state index in [1.165, 1.54) is 12.1 Å². The molecule has 2 rings (SSSR count). The molecule has 0 unspecified atom stereocenters. The third-order valence-corrected chi connectivity index (χ3v) is 3.41. The van der Waals surface area contributed by atoms with E-state index in [9.17, 15) is 26.4 Å². The number of halogens is 3. The molecule has 0 radical (unpaired) electrons. The van der Waals surface area contributed by atoms with Gasteiger partial charge in [0, 0.05) is 5.56 Å². The third-order valence-electron chi connectivity index (χ3n) is 2.82. The standard InChI is InChI=1S/C15H13F3N2O4S/c1-25(22,23)20-13-5-3-2-4-12(13)19-14(21)10-6-8-11(9-7-10)24-15(16,17)18/h2-9,20H,1H3,(H,19,21). The van der Waals surface area contributed by atoms with Crippen molar-refractivity contribution in [3.8, 4) is 5.75 Å². The highest BCUT2D eigenvalue weighted by Gasteiger charge is 2.31. The van der Waals surface area contributed by atoms with E-state index in [0.29, 0.717) is 0 Å². The van der Waals surface area contributed by atoms with E-state index in [4.69, 9.17) is 0 Å². The van der Waals surface area contributed by atoms with E-state index >= 15 is 0 Å². The maximum Gasteiger partial charge on any atom is 0.573 e. The fourth-order valence-corrected chi connectivity index (χ4v) is 2.46. The molecule has 25 heavy (non-hydrogen) atoms. The van der Waals surface area contributed by atoms with Gasteiger partial charge in [0.15, 0.2) is 0 Å². The van der Waals surface area contributed by atoms with Gasteiger partial charge in [0.25, 0.3) is 5.91 Å². The van der Waals surface area contributed by atoms with Crippen LogP contribution in [0.5, 0.6) is 5.75 Å². The number of hydrogen-bond acceptors (Lipinski definition) is 4. The summed E-state index contributed by atoms with van der Waals surface area (Å²) in [5, 5.41) is 2.49.